The van der Waals surface area contributed by atoms with Crippen LogP contribution in [0.5, 0.6) is 0 Å². The number of carbonyl (C=O) groups excluding carboxylic acids is 1. The fourth-order valence-electron chi connectivity index (χ4n) is 2.90. The molecule has 3 aromatic rings. The molecule has 0 saturated carbocycles. The van der Waals surface area contributed by atoms with Crippen molar-refractivity contribution in [2.24, 2.45) is 0 Å². The van der Waals surface area contributed by atoms with Gasteiger partial charge in [0.05, 0.1) is 23.6 Å². The van der Waals surface area contributed by atoms with E-state index in [9.17, 15) is 9.18 Å². The van der Waals surface area contributed by atoms with Crippen LogP contribution in [0.25, 0.3) is 11.4 Å². The lowest BCUT2D eigenvalue weighted by atomic mass is 10.0. The zero-order valence-electron chi connectivity index (χ0n) is 15.5. The number of aryl methyl sites for hydroxylation is 2. The van der Waals surface area contributed by atoms with Crippen LogP contribution in [0.2, 0.25) is 0 Å². The summed E-state index contributed by atoms with van der Waals surface area (Å²) in [7, 11) is 0. The fraction of sp³-hybridized carbons (Fsp3) is 0.300. The van der Waals surface area contributed by atoms with E-state index in [2.05, 4.69) is 27.2 Å². The Balaban J connectivity index is 1.77. The maximum absolute atomic E-state index is 13.0. The molecule has 0 radical (unpaired) electrons. The van der Waals surface area contributed by atoms with E-state index in [4.69, 9.17) is 0 Å². The highest BCUT2D eigenvalue weighted by Crippen LogP contribution is 2.26. The van der Waals surface area contributed by atoms with E-state index in [1.54, 1.807) is 17.4 Å². The first kappa shape index (κ1) is 19.1. The van der Waals surface area contributed by atoms with Crippen molar-refractivity contribution >= 4 is 17.2 Å². The monoisotopic (exact) mass is 384 g/mol. The summed E-state index contributed by atoms with van der Waals surface area (Å²) in [6.45, 7) is 6.53. The first-order valence-electron chi connectivity index (χ1n) is 8.76. The first-order chi connectivity index (χ1) is 13.0. The van der Waals surface area contributed by atoms with Gasteiger partial charge in [0.2, 0.25) is 0 Å². The second-order valence-corrected chi connectivity index (χ2v) is 7.26. The lowest BCUT2D eigenvalue weighted by Gasteiger charge is -2.16. The minimum absolute atomic E-state index is 0.142. The van der Waals surface area contributed by atoms with Crippen molar-refractivity contribution in [3.8, 4) is 11.4 Å². The third-order valence-corrected chi connectivity index (χ3v) is 5.61. The van der Waals surface area contributed by atoms with Gasteiger partial charge in [0.25, 0.3) is 5.91 Å². The molecule has 0 unspecified atom stereocenters. The summed E-state index contributed by atoms with van der Waals surface area (Å²) in [5.74, 6) is -0.00702. The second kappa shape index (κ2) is 8.35. The summed E-state index contributed by atoms with van der Waals surface area (Å²) >= 11 is 1.62. The minimum Gasteiger partial charge on any atom is -0.351 e. The molecule has 0 aliphatic heterocycles. The van der Waals surface area contributed by atoms with Gasteiger partial charge in [0, 0.05) is 28.5 Å². The van der Waals surface area contributed by atoms with Gasteiger partial charge < -0.3 is 5.32 Å². The van der Waals surface area contributed by atoms with Gasteiger partial charge in [-0.25, -0.2) is 19.3 Å². The summed E-state index contributed by atoms with van der Waals surface area (Å²) < 4.78 is 13.0. The largest absolute Gasteiger partial charge is 0.351 e. The predicted octanol–water partition coefficient (Wildman–Crippen LogP) is 4.28. The average Bonchev–Trinajstić information content (AvgIpc) is 3.09. The molecule has 1 amide bonds. The smallest absolute Gasteiger partial charge is 0.251 e. The highest BCUT2D eigenvalue weighted by atomic mass is 32.1. The van der Waals surface area contributed by atoms with E-state index in [-0.39, 0.29) is 11.8 Å². The molecule has 2 heterocycles. The zero-order valence-corrected chi connectivity index (χ0v) is 16.3. The number of hydrogen-bond donors (Lipinski definition) is 1. The number of benzene rings is 1. The van der Waals surface area contributed by atoms with Crippen LogP contribution in [0.4, 0.5) is 4.39 Å². The van der Waals surface area contributed by atoms with Crippen LogP contribution >= 0.6 is 11.3 Å². The molecule has 0 saturated heterocycles. The molecule has 2 aromatic heterocycles. The molecule has 140 valence electrons. The van der Waals surface area contributed by atoms with Crippen LogP contribution in [0.15, 0.2) is 36.1 Å². The number of nitrogens with one attached hydrogen (secondary N) is 1. The Labute approximate surface area is 161 Å². The number of halogens is 1. The highest BCUT2D eigenvalue weighted by Gasteiger charge is 2.17. The van der Waals surface area contributed by atoms with E-state index in [0.29, 0.717) is 23.5 Å². The molecule has 3 rings (SSSR count). The summed E-state index contributed by atoms with van der Waals surface area (Å²) in [4.78, 5) is 26.2. The molecule has 27 heavy (non-hydrogen) atoms. The van der Waals surface area contributed by atoms with Crippen LogP contribution in [0, 0.1) is 19.7 Å². The van der Waals surface area contributed by atoms with E-state index in [1.807, 2.05) is 31.5 Å². The summed E-state index contributed by atoms with van der Waals surface area (Å²) in [5, 5.41) is 3.03. The van der Waals surface area contributed by atoms with Crippen molar-refractivity contribution in [1.82, 2.24) is 20.3 Å². The Bertz CT molecular complexity index is 939. The molecule has 5 nitrogen and oxygen atoms in total. The van der Waals surface area contributed by atoms with Gasteiger partial charge in [-0.3, -0.25) is 4.79 Å². The predicted molar refractivity (Wildman–Crippen MR) is 104 cm³/mol. The molecular formula is C20H21FN4OS. The van der Waals surface area contributed by atoms with Gasteiger partial charge in [0.15, 0.2) is 11.6 Å². The molecule has 0 fully saturated rings. The van der Waals surface area contributed by atoms with E-state index < -0.39 is 5.82 Å². The number of nitrogens with zero attached hydrogens (tertiary/aromatic N) is 3. The van der Waals surface area contributed by atoms with Crippen LogP contribution < -0.4 is 5.32 Å². The maximum atomic E-state index is 13.0. The van der Waals surface area contributed by atoms with Crippen LogP contribution in [0.1, 0.15) is 45.8 Å². The number of hydrogen-bond acceptors (Lipinski definition) is 5. The van der Waals surface area contributed by atoms with Crippen molar-refractivity contribution in [3.05, 3.63) is 63.6 Å². The molecular weight excluding hydrogens is 363 g/mol. The lowest BCUT2D eigenvalue weighted by Crippen LogP contribution is -2.28. The third-order valence-electron chi connectivity index (χ3n) is 4.52. The Morgan fingerprint density at radius 2 is 1.96 bits per heavy atom. The molecule has 0 spiro atoms. The molecule has 7 heteroatoms. The first-order valence-corrected chi connectivity index (χ1v) is 9.64. The molecule has 1 atom stereocenters. The molecule has 1 N–H and O–H groups in total. The number of aromatic nitrogens is 3. The SMILES string of the molecule is CC[C@H](CNC(=O)c1cc(-c2ncc(F)cn2)ccc1C)c1scnc1C. The third kappa shape index (κ3) is 4.36. The van der Waals surface area contributed by atoms with Gasteiger partial charge in [-0.05, 0) is 31.9 Å². The summed E-state index contributed by atoms with van der Waals surface area (Å²) in [6.07, 6.45) is 3.15. The number of rotatable bonds is 6. The Kier molecular flexibility index (Phi) is 5.91. The van der Waals surface area contributed by atoms with E-state index >= 15 is 0 Å². The zero-order chi connectivity index (χ0) is 19.4. The normalized spacial score (nSPS) is 12.0. The number of carbonyl (C=O) groups is 1. The Morgan fingerprint density at radius 1 is 1.22 bits per heavy atom. The molecule has 0 aliphatic carbocycles. The molecule has 1 aromatic carbocycles. The number of thiazole rings is 1. The van der Waals surface area contributed by atoms with Gasteiger partial charge in [-0.1, -0.05) is 19.1 Å². The van der Waals surface area contributed by atoms with Crippen molar-refractivity contribution in [3.63, 3.8) is 0 Å². The second-order valence-electron chi connectivity index (χ2n) is 6.37. The van der Waals surface area contributed by atoms with Crippen molar-refractivity contribution < 1.29 is 9.18 Å². The van der Waals surface area contributed by atoms with Gasteiger partial charge >= 0.3 is 0 Å². The average molecular weight is 384 g/mol. The van der Waals surface area contributed by atoms with E-state index in [0.717, 1.165) is 30.1 Å². The molecule has 0 bridgehead atoms. The minimum atomic E-state index is -0.493. The Hall–Kier alpha value is -2.67. The number of amides is 1. The summed E-state index contributed by atoms with van der Waals surface area (Å²) in [6, 6.07) is 5.42. The highest BCUT2D eigenvalue weighted by molar-refractivity contribution is 7.09. The van der Waals surface area contributed by atoms with Crippen molar-refractivity contribution in [1.29, 1.82) is 0 Å². The van der Waals surface area contributed by atoms with Gasteiger partial charge in [-0.15, -0.1) is 11.3 Å². The lowest BCUT2D eigenvalue weighted by molar-refractivity contribution is 0.0950. The van der Waals surface area contributed by atoms with Gasteiger partial charge in [0.1, 0.15) is 0 Å². The topological polar surface area (TPSA) is 67.8 Å². The molecule has 0 aliphatic rings. The summed E-state index contributed by atoms with van der Waals surface area (Å²) in [5.41, 5.74) is 4.96. The Morgan fingerprint density at radius 3 is 2.59 bits per heavy atom. The standard InChI is InChI=1S/C20H21FN4OS/c1-4-14(18-13(3)25-11-27-18)8-24-20(26)17-7-15(6-5-12(17)2)19-22-9-16(21)10-23-19/h5-7,9-11,14H,4,8H2,1-3H3,(H,24,26)/t14-/m1/s1. The van der Waals surface area contributed by atoms with Crippen LogP contribution in [-0.4, -0.2) is 27.4 Å². The van der Waals surface area contributed by atoms with Gasteiger partial charge in [-0.2, -0.15) is 0 Å². The van der Waals surface area contributed by atoms with Crippen LogP contribution in [0.3, 0.4) is 0 Å². The van der Waals surface area contributed by atoms with E-state index in [1.165, 1.54) is 4.88 Å². The van der Waals surface area contributed by atoms with Crippen molar-refractivity contribution in [2.45, 2.75) is 33.1 Å². The van der Waals surface area contributed by atoms with Crippen molar-refractivity contribution in [2.75, 3.05) is 6.54 Å². The fourth-order valence-corrected chi connectivity index (χ4v) is 3.89. The quantitative estimate of drug-likeness (QED) is 0.689. The van der Waals surface area contributed by atoms with Crippen LogP contribution in [-0.2, 0) is 0 Å². The maximum Gasteiger partial charge on any atom is 0.251 e.